The quantitative estimate of drug-likeness (QED) is 0.191. The number of aliphatic hydroxyl groups is 1. The maximum atomic E-state index is 13.1. The Bertz CT molecular complexity index is 1220. The molecule has 33 heavy (non-hydrogen) atoms. The van der Waals surface area contributed by atoms with Crippen molar-refractivity contribution >= 4 is 49.8 Å². The number of ether oxygens (including phenoxy) is 1. The zero-order valence-corrected chi connectivity index (χ0v) is 20.5. The van der Waals surface area contributed by atoms with Crippen molar-refractivity contribution in [2.75, 3.05) is 11.5 Å². The maximum absolute atomic E-state index is 13.1. The van der Waals surface area contributed by atoms with Crippen LogP contribution in [0.25, 0.3) is 5.76 Å². The molecule has 1 aromatic heterocycles. The van der Waals surface area contributed by atoms with Gasteiger partial charge >= 0.3 is 5.91 Å². The molecule has 170 valence electrons. The predicted molar refractivity (Wildman–Crippen MR) is 130 cm³/mol. The number of ketones is 1. The minimum Gasteiger partial charge on any atom is -0.507 e. The third-order valence-corrected chi connectivity index (χ3v) is 6.56. The third-order valence-electron chi connectivity index (χ3n) is 5.22. The Hall–Kier alpha value is -3.04. The Morgan fingerprint density at radius 1 is 1.18 bits per heavy atom. The number of Topliss-reactive ketones (excluding diaryl/α,β-unsaturated/α-hetero) is 1. The monoisotopic (exact) mass is 527 g/mol. The number of aliphatic hydroxyl groups excluding tert-OH is 1. The second-order valence-corrected chi connectivity index (χ2v) is 9.63. The van der Waals surface area contributed by atoms with Crippen molar-refractivity contribution in [3.63, 3.8) is 0 Å². The number of carbonyl (C=O) groups is 2. The van der Waals surface area contributed by atoms with Gasteiger partial charge in [-0.25, -0.2) is 0 Å². The molecule has 0 bridgehead atoms. The molecule has 1 saturated heterocycles. The largest absolute Gasteiger partial charge is 0.507 e. The van der Waals surface area contributed by atoms with E-state index >= 15 is 0 Å². The smallest absolute Gasteiger partial charge is 0.301 e. The molecule has 1 aliphatic heterocycles. The second-order valence-electron chi connectivity index (χ2n) is 7.55. The number of anilines is 1. The molecule has 1 N–H and O–H groups in total. The molecule has 1 amide bonds. The number of unbranched alkanes of at least 4 members (excludes halogenated alkanes) is 1. The number of aromatic nitrogens is 2. The molecule has 1 fully saturated rings. The number of aryl methyl sites for hydroxylation is 1. The van der Waals surface area contributed by atoms with Crippen LogP contribution in [-0.4, -0.2) is 33.6 Å². The Morgan fingerprint density at radius 3 is 2.58 bits per heavy atom. The van der Waals surface area contributed by atoms with Crippen molar-refractivity contribution in [1.29, 1.82) is 0 Å². The summed E-state index contributed by atoms with van der Waals surface area (Å²) in [5.41, 5.74) is 1.09. The molecule has 9 heteroatoms. The minimum absolute atomic E-state index is 0.00519. The van der Waals surface area contributed by atoms with Crippen molar-refractivity contribution in [3.05, 3.63) is 74.7 Å². The Labute approximate surface area is 203 Å². The van der Waals surface area contributed by atoms with E-state index < -0.39 is 17.7 Å². The third kappa shape index (κ3) is 4.69. The van der Waals surface area contributed by atoms with E-state index in [-0.39, 0.29) is 11.3 Å². The zero-order chi connectivity index (χ0) is 23.5. The first-order valence-electron chi connectivity index (χ1n) is 10.5. The van der Waals surface area contributed by atoms with Gasteiger partial charge in [0.2, 0.25) is 5.13 Å². The lowest BCUT2D eigenvalue weighted by Gasteiger charge is -2.22. The van der Waals surface area contributed by atoms with E-state index in [1.165, 1.54) is 16.2 Å². The fraction of sp³-hybridized carbons (Fsp3) is 0.250. The second kappa shape index (κ2) is 9.84. The predicted octanol–water partition coefficient (Wildman–Crippen LogP) is 5.41. The summed E-state index contributed by atoms with van der Waals surface area (Å²) in [5, 5.41) is 20.2. The highest BCUT2D eigenvalue weighted by molar-refractivity contribution is 9.10. The summed E-state index contributed by atoms with van der Waals surface area (Å²) in [7, 11) is 0. The minimum atomic E-state index is -0.838. The lowest BCUT2D eigenvalue weighted by molar-refractivity contribution is -0.132. The van der Waals surface area contributed by atoms with E-state index in [0.29, 0.717) is 33.6 Å². The number of rotatable bonds is 7. The molecule has 3 aromatic rings. The number of halogens is 1. The lowest BCUT2D eigenvalue weighted by Crippen LogP contribution is -2.29. The van der Waals surface area contributed by atoms with Gasteiger partial charge in [-0.05, 0) is 55.3 Å². The van der Waals surface area contributed by atoms with Gasteiger partial charge in [0.1, 0.15) is 16.5 Å². The molecule has 1 atom stereocenters. The topological polar surface area (TPSA) is 92.6 Å². The first-order valence-corrected chi connectivity index (χ1v) is 12.1. The van der Waals surface area contributed by atoms with Gasteiger partial charge in [0.25, 0.3) is 5.78 Å². The van der Waals surface area contributed by atoms with Gasteiger partial charge in [0.15, 0.2) is 0 Å². The summed E-state index contributed by atoms with van der Waals surface area (Å²) in [4.78, 5) is 27.5. The van der Waals surface area contributed by atoms with Crippen molar-refractivity contribution in [2.45, 2.75) is 32.7 Å². The standard InChI is InChI=1S/C24H22BrN3O4S/c1-3-4-12-32-18-10-8-15(9-11-18)21(29)19-20(16-6-5-7-17(25)13-16)28(23(31)22(19)30)24-27-26-14(2)33-24/h5-11,13,20,29H,3-4,12H2,1-2H3/b21-19+. The number of amides is 1. The Morgan fingerprint density at radius 2 is 1.94 bits per heavy atom. The average molecular weight is 528 g/mol. The number of carbonyl (C=O) groups excluding carboxylic acids is 2. The van der Waals surface area contributed by atoms with Crippen LogP contribution >= 0.6 is 27.3 Å². The highest BCUT2D eigenvalue weighted by Gasteiger charge is 2.48. The van der Waals surface area contributed by atoms with Crippen LogP contribution in [0.5, 0.6) is 5.75 Å². The van der Waals surface area contributed by atoms with Crippen LogP contribution in [-0.2, 0) is 9.59 Å². The molecule has 7 nitrogen and oxygen atoms in total. The van der Waals surface area contributed by atoms with Crippen molar-refractivity contribution in [2.24, 2.45) is 0 Å². The zero-order valence-electron chi connectivity index (χ0n) is 18.1. The molecule has 1 unspecified atom stereocenters. The van der Waals surface area contributed by atoms with Crippen LogP contribution in [0.1, 0.15) is 41.9 Å². The highest BCUT2D eigenvalue weighted by atomic mass is 79.9. The van der Waals surface area contributed by atoms with E-state index in [0.717, 1.165) is 17.3 Å². The van der Waals surface area contributed by atoms with Crippen LogP contribution in [0.2, 0.25) is 0 Å². The number of nitrogens with zero attached hydrogens (tertiary/aromatic N) is 3. The number of hydrogen-bond donors (Lipinski definition) is 1. The fourth-order valence-electron chi connectivity index (χ4n) is 3.60. The van der Waals surface area contributed by atoms with E-state index in [1.54, 1.807) is 37.3 Å². The molecular weight excluding hydrogens is 506 g/mol. The summed E-state index contributed by atoms with van der Waals surface area (Å²) in [5.74, 6) is -1.10. The molecule has 4 rings (SSSR count). The first kappa shape index (κ1) is 23.1. The van der Waals surface area contributed by atoms with E-state index in [1.807, 2.05) is 18.2 Å². The lowest BCUT2D eigenvalue weighted by atomic mass is 9.95. The van der Waals surface area contributed by atoms with Gasteiger partial charge in [0, 0.05) is 10.0 Å². The highest BCUT2D eigenvalue weighted by Crippen LogP contribution is 2.43. The van der Waals surface area contributed by atoms with Gasteiger partial charge in [-0.2, -0.15) is 0 Å². The molecule has 0 saturated carbocycles. The van der Waals surface area contributed by atoms with Gasteiger partial charge in [0.05, 0.1) is 18.2 Å². The van der Waals surface area contributed by atoms with Crippen molar-refractivity contribution in [3.8, 4) is 5.75 Å². The average Bonchev–Trinajstić information content (AvgIpc) is 3.34. The van der Waals surface area contributed by atoms with Crippen molar-refractivity contribution in [1.82, 2.24) is 10.2 Å². The molecule has 2 heterocycles. The molecule has 0 radical (unpaired) electrons. The van der Waals surface area contributed by atoms with Crippen LogP contribution in [0, 0.1) is 6.92 Å². The Kier molecular flexibility index (Phi) is 6.90. The van der Waals surface area contributed by atoms with E-state index in [4.69, 9.17) is 4.74 Å². The number of hydrogen-bond acceptors (Lipinski definition) is 7. The van der Waals surface area contributed by atoms with Crippen LogP contribution in [0.15, 0.2) is 58.6 Å². The normalized spacial score (nSPS) is 17.5. The van der Waals surface area contributed by atoms with Gasteiger partial charge in [-0.3, -0.25) is 14.5 Å². The number of benzene rings is 2. The fourth-order valence-corrected chi connectivity index (χ4v) is 4.74. The summed E-state index contributed by atoms with van der Waals surface area (Å²) in [6.07, 6.45) is 1.98. The van der Waals surface area contributed by atoms with E-state index in [2.05, 4.69) is 33.1 Å². The molecule has 0 aliphatic carbocycles. The molecule has 0 spiro atoms. The van der Waals surface area contributed by atoms with Crippen molar-refractivity contribution < 1.29 is 19.4 Å². The van der Waals surface area contributed by atoms with Gasteiger partial charge in [-0.15, -0.1) is 10.2 Å². The summed E-state index contributed by atoms with van der Waals surface area (Å²) < 4.78 is 6.46. The van der Waals surface area contributed by atoms with Gasteiger partial charge < -0.3 is 9.84 Å². The summed E-state index contributed by atoms with van der Waals surface area (Å²) >= 11 is 4.66. The first-order chi connectivity index (χ1) is 15.9. The molecular formula is C24H22BrN3O4S. The van der Waals surface area contributed by atoms with Crippen LogP contribution in [0.3, 0.4) is 0 Å². The molecule has 1 aliphatic rings. The summed E-state index contributed by atoms with van der Waals surface area (Å²) in [6, 6.07) is 13.3. The van der Waals surface area contributed by atoms with Gasteiger partial charge in [-0.1, -0.05) is 52.7 Å². The van der Waals surface area contributed by atoms with E-state index in [9.17, 15) is 14.7 Å². The SMILES string of the molecule is CCCCOc1ccc(/C(O)=C2\C(=O)C(=O)N(c3nnc(C)s3)C2c2cccc(Br)c2)cc1. The van der Waals surface area contributed by atoms with Crippen LogP contribution < -0.4 is 9.64 Å². The summed E-state index contributed by atoms with van der Waals surface area (Å²) in [6.45, 7) is 4.47. The maximum Gasteiger partial charge on any atom is 0.301 e. The Balaban J connectivity index is 1.79. The molecule has 2 aromatic carbocycles. The van der Waals surface area contributed by atoms with Crippen LogP contribution in [0.4, 0.5) is 5.13 Å².